The molecule has 0 heterocycles. The van der Waals surface area contributed by atoms with Crippen LogP contribution in [0.15, 0.2) is 0 Å². The maximum absolute atomic E-state index is 10.1. The third-order valence-electron chi connectivity index (χ3n) is 0.721. The van der Waals surface area contributed by atoms with Gasteiger partial charge in [-0.25, -0.2) is 0 Å². The van der Waals surface area contributed by atoms with E-state index in [1.165, 1.54) is 0 Å². The van der Waals surface area contributed by atoms with Crippen molar-refractivity contribution in [3.63, 3.8) is 0 Å². The Morgan fingerprint density at radius 1 is 1.56 bits per heavy atom. The molecule has 0 radical (unpaired) electrons. The van der Waals surface area contributed by atoms with E-state index < -0.39 is 19.9 Å². The second kappa shape index (κ2) is 3.29. The predicted octanol–water partition coefficient (Wildman–Crippen LogP) is -1.52. The van der Waals surface area contributed by atoms with Crippen LogP contribution in [-0.4, -0.2) is 33.7 Å². The van der Waals surface area contributed by atoms with E-state index in [0.717, 1.165) is 0 Å². The molecule has 1 atom stereocenters. The summed E-state index contributed by atoms with van der Waals surface area (Å²) in [5.41, 5.74) is 4.89. The molecule has 5 N–H and O–H groups in total. The van der Waals surface area contributed by atoms with E-state index in [1.807, 2.05) is 0 Å². The van der Waals surface area contributed by atoms with E-state index in [1.54, 1.807) is 0 Å². The SMILES string of the molecule is NC[C@@H](O)CP(=O)(O)O. The summed E-state index contributed by atoms with van der Waals surface area (Å²) >= 11 is 0. The summed E-state index contributed by atoms with van der Waals surface area (Å²) in [5, 5.41) is 8.58. The van der Waals surface area contributed by atoms with Gasteiger partial charge in [0.25, 0.3) is 0 Å². The van der Waals surface area contributed by atoms with Crippen molar-refractivity contribution >= 4 is 7.60 Å². The number of aliphatic hydroxyl groups excluding tert-OH is 1. The smallest absolute Gasteiger partial charge is 0.328 e. The summed E-state index contributed by atoms with van der Waals surface area (Å²) in [6.45, 7) is -0.120. The van der Waals surface area contributed by atoms with Crippen molar-refractivity contribution in [2.75, 3.05) is 12.7 Å². The van der Waals surface area contributed by atoms with Gasteiger partial charge < -0.3 is 20.6 Å². The fraction of sp³-hybridized carbons (Fsp3) is 1.00. The van der Waals surface area contributed by atoms with Gasteiger partial charge >= 0.3 is 7.60 Å². The topological polar surface area (TPSA) is 104 Å². The van der Waals surface area contributed by atoms with Crippen LogP contribution in [0.2, 0.25) is 0 Å². The Morgan fingerprint density at radius 3 is 2.11 bits per heavy atom. The highest BCUT2D eigenvalue weighted by Crippen LogP contribution is 2.34. The number of hydrogen-bond donors (Lipinski definition) is 4. The number of hydrogen-bond acceptors (Lipinski definition) is 3. The zero-order chi connectivity index (χ0) is 7.49. The van der Waals surface area contributed by atoms with Crippen LogP contribution in [0, 0.1) is 0 Å². The summed E-state index contributed by atoms with van der Waals surface area (Å²) in [6, 6.07) is 0. The van der Waals surface area contributed by atoms with Crippen molar-refractivity contribution in [2.45, 2.75) is 6.10 Å². The molecule has 0 saturated heterocycles. The predicted molar refractivity (Wildman–Crippen MR) is 32.0 cm³/mol. The molecular formula is C3H10NO4P. The molecule has 0 saturated carbocycles. The first-order valence-corrected chi connectivity index (χ1v) is 4.18. The molecule has 6 heteroatoms. The molecule has 0 unspecified atom stereocenters. The van der Waals surface area contributed by atoms with Gasteiger partial charge in [0.1, 0.15) is 0 Å². The third kappa shape index (κ3) is 5.95. The van der Waals surface area contributed by atoms with E-state index in [0.29, 0.717) is 0 Å². The largest absolute Gasteiger partial charge is 0.391 e. The summed E-state index contributed by atoms with van der Waals surface area (Å²) < 4.78 is 10.1. The van der Waals surface area contributed by atoms with E-state index in [2.05, 4.69) is 0 Å². The molecule has 0 aliphatic rings. The average Bonchev–Trinajstić information content (AvgIpc) is 1.62. The van der Waals surface area contributed by atoms with Gasteiger partial charge in [-0.05, 0) is 0 Å². The van der Waals surface area contributed by atoms with Gasteiger partial charge in [-0.15, -0.1) is 0 Å². The normalized spacial score (nSPS) is 15.6. The van der Waals surface area contributed by atoms with Crippen molar-refractivity contribution in [3.05, 3.63) is 0 Å². The fourth-order valence-electron chi connectivity index (χ4n) is 0.349. The number of rotatable bonds is 3. The second-order valence-corrected chi connectivity index (χ2v) is 3.43. The molecule has 0 aliphatic heterocycles. The van der Waals surface area contributed by atoms with E-state index in [9.17, 15) is 4.57 Å². The van der Waals surface area contributed by atoms with Crippen LogP contribution in [0.1, 0.15) is 0 Å². The highest BCUT2D eigenvalue weighted by atomic mass is 31.2. The molecule has 0 aromatic rings. The molecular weight excluding hydrogens is 145 g/mol. The van der Waals surface area contributed by atoms with Gasteiger partial charge in [-0.1, -0.05) is 0 Å². The summed E-state index contributed by atoms with van der Waals surface area (Å²) in [7, 11) is -4.07. The minimum absolute atomic E-state index is 0.120. The molecule has 0 aliphatic carbocycles. The summed E-state index contributed by atoms with van der Waals surface area (Å²) in [5.74, 6) is 0. The Morgan fingerprint density at radius 2 is 2.00 bits per heavy atom. The lowest BCUT2D eigenvalue weighted by atomic mass is 10.4. The molecule has 5 nitrogen and oxygen atoms in total. The number of nitrogens with two attached hydrogens (primary N) is 1. The van der Waals surface area contributed by atoms with Crippen LogP contribution in [-0.2, 0) is 4.57 Å². The molecule has 56 valence electrons. The average molecular weight is 155 g/mol. The lowest BCUT2D eigenvalue weighted by Gasteiger charge is -2.07. The van der Waals surface area contributed by atoms with Crippen LogP contribution in [0.25, 0.3) is 0 Å². The fourth-order valence-corrected chi connectivity index (χ4v) is 1.05. The Hall–Kier alpha value is 0.0700. The standard InChI is InChI=1S/C3H10NO4P/c4-1-3(5)2-9(6,7)8/h3,5H,1-2,4H2,(H2,6,7,8)/t3-/m1/s1. The van der Waals surface area contributed by atoms with Crippen LogP contribution in [0.4, 0.5) is 0 Å². The Kier molecular flexibility index (Phi) is 3.32. The summed E-state index contributed by atoms with van der Waals surface area (Å²) in [4.78, 5) is 16.4. The van der Waals surface area contributed by atoms with E-state index >= 15 is 0 Å². The van der Waals surface area contributed by atoms with Crippen LogP contribution in [0.3, 0.4) is 0 Å². The van der Waals surface area contributed by atoms with Crippen LogP contribution in [0.5, 0.6) is 0 Å². The Labute approximate surface area is 52.7 Å². The van der Waals surface area contributed by atoms with Crippen molar-refractivity contribution < 1.29 is 19.5 Å². The zero-order valence-electron chi connectivity index (χ0n) is 4.77. The maximum atomic E-state index is 10.1. The van der Waals surface area contributed by atoms with Crippen molar-refractivity contribution in [1.82, 2.24) is 0 Å². The zero-order valence-corrected chi connectivity index (χ0v) is 5.66. The molecule has 0 fully saturated rings. The van der Waals surface area contributed by atoms with E-state index in [-0.39, 0.29) is 6.54 Å². The molecule has 0 amide bonds. The third-order valence-corrected chi connectivity index (χ3v) is 1.62. The quantitative estimate of drug-likeness (QED) is 0.371. The highest BCUT2D eigenvalue weighted by Gasteiger charge is 2.17. The lowest BCUT2D eigenvalue weighted by Crippen LogP contribution is -2.23. The van der Waals surface area contributed by atoms with Gasteiger partial charge in [0.05, 0.1) is 12.3 Å². The molecule has 0 aromatic heterocycles. The minimum Gasteiger partial charge on any atom is -0.391 e. The maximum Gasteiger partial charge on any atom is 0.328 e. The van der Waals surface area contributed by atoms with Gasteiger partial charge in [0.15, 0.2) is 0 Å². The van der Waals surface area contributed by atoms with Crippen molar-refractivity contribution in [1.29, 1.82) is 0 Å². The first-order chi connectivity index (χ1) is 3.95. The van der Waals surface area contributed by atoms with Gasteiger partial charge in [0.2, 0.25) is 0 Å². The molecule has 0 spiro atoms. The van der Waals surface area contributed by atoms with Crippen LogP contribution >= 0.6 is 7.60 Å². The highest BCUT2D eigenvalue weighted by molar-refractivity contribution is 7.51. The van der Waals surface area contributed by atoms with Gasteiger partial charge in [-0.2, -0.15) is 0 Å². The minimum atomic E-state index is -4.07. The molecule has 9 heavy (non-hydrogen) atoms. The molecule has 0 aromatic carbocycles. The second-order valence-electron chi connectivity index (χ2n) is 1.74. The Bertz CT molecular complexity index is 121. The summed E-state index contributed by atoms with van der Waals surface area (Å²) in [6.07, 6.45) is -1.64. The first-order valence-electron chi connectivity index (χ1n) is 2.38. The lowest BCUT2D eigenvalue weighted by molar-refractivity contribution is 0.196. The Balaban J connectivity index is 3.60. The van der Waals surface area contributed by atoms with Crippen LogP contribution < -0.4 is 5.73 Å². The first kappa shape index (κ1) is 9.07. The molecule has 0 bridgehead atoms. The van der Waals surface area contributed by atoms with Gasteiger partial charge in [-0.3, -0.25) is 4.57 Å². The van der Waals surface area contributed by atoms with Gasteiger partial charge in [0, 0.05) is 6.54 Å². The monoisotopic (exact) mass is 155 g/mol. The molecule has 0 rings (SSSR count). The van der Waals surface area contributed by atoms with Crippen molar-refractivity contribution in [3.8, 4) is 0 Å². The number of aliphatic hydroxyl groups is 1. The van der Waals surface area contributed by atoms with E-state index in [4.69, 9.17) is 20.6 Å². The van der Waals surface area contributed by atoms with Crippen molar-refractivity contribution in [2.24, 2.45) is 5.73 Å².